The summed E-state index contributed by atoms with van der Waals surface area (Å²) in [5, 5.41) is 0. The number of nitrogens with two attached hydrogens (primary N) is 1. The van der Waals surface area contributed by atoms with Gasteiger partial charge in [0, 0.05) is 12.4 Å². The lowest BCUT2D eigenvalue weighted by atomic mass is 10.2. The third kappa shape index (κ3) is 3.99. The van der Waals surface area contributed by atoms with Crippen molar-refractivity contribution in [2.45, 2.75) is 39.0 Å². The van der Waals surface area contributed by atoms with E-state index in [2.05, 4.69) is 4.98 Å². The van der Waals surface area contributed by atoms with Crippen LogP contribution in [0.4, 0.5) is 0 Å². The summed E-state index contributed by atoms with van der Waals surface area (Å²) < 4.78 is 6.65. The Kier molecular flexibility index (Phi) is 4.01. The predicted molar refractivity (Wildman–Crippen MR) is 61.4 cm³/mol. The second kappa shape index (κ2) is 5.09. The molecule has 0 aromatic carbocycles. The molecule has 6 nitrogen and oxygen atoms in total. The molecule has 0 aliphatic carbocycles. The van der Waals surface area contributed by atoms with Crippen molar-refractivity contribution in [1.29, 1.82) is 0 Å². The number of nitrogens with zero attached hydrogens (tertiary/aromatic N) is 2. The first kappa shape index (κ1) is 13.4. The Morgan fingerprint density at radius 1 is 1.65 bits per heavy atom. The Balaban J connectivity index is 2.63. The zero-order valence-corrected chi connectivity index (χ0v) is 10.2. The van der Waals surface area contributed by atoms with E-state index in [0.29, 0.717) is 6.29 Å². The molecule has 1 aromatic rings. The van der Waals surface area contributed by atoms with Crippen LogP contribution >= 0.6 is 0 Å². The van der Waals surface area contributed by atoms with Crippen LogP contribution in [-0.2, 0) is 16.1 Å². The third-order valence-electron chi connectivity index (χ3n) is 1.96. The van der Waals surface area contributed by atoms with E-state index < -0.39 is 17.6 Å². The molecule has 0 saturated heterocycles. The van der Waals surface area contributed by atoms with Crippen molar-refractivity contribution in [2.75, 3.05) is 0 Å². The standard InChI is InChI=1S/C11H17N3O3/c1-11(2,3)17-10(16)8(12)6-14-5-4-13-9(14)7-15/h4-5,7-8H,6,12H2,1-3H3. The van der Waals surface area contributed by atoms with E-state index in [9.17, 15) is 9.59 Å². The zero-order valence-electron chi connectivity index (χ0n) is 10.2. The highest BCUT2D eigenvalue weighted by Crippen LogP contribution is 2.08. The van der Waals surface area contributed by atoms with Crippen LogP contribution in [0.3, 0.4) is 0 Å². The molecule has 94 valence electrons. The summed E-state index contributed by atoms with van der Waals surface area (Å²) in [6, 6.07) is -0.817. The van der Waals surface area contributed by atoms with Crippen molar-refractivity contribution in [3.8, 4) is 0 Å². The van der Waals surface area contributed by atoms with Crippen LogP contribution < -0.4 is 5.73 Å². The molecule has 1 heterocycles. The predicted octanol–water partition coefficient (Wildman–Crippen LogP) is 0.365. The number of imidazole rings is 1. The average molecular weight is 239 g/mol. The molecule has 0 aliphatic heterocycles. The van der Waals surface area contributed by atoms with Crippen molar-refractivity contribution in [1.82, 2.24) is 9.55 Å². The van der Waals surface area contributed by atoms with E-state index in [0.717, 1.165) is 0 Å². The molecule has 0 bridgehead atoms. The van der Waals surface area contributed by atoms with Crippen LogP contribution in [-0.4, -0.2) is 33.4 Å². The number of hydrogen-bond donors (Lipinski definition) is 1. The van der Waals surface area contributed by atoms with E-state index in [1.165, 1.54) is 10.8 Å². The molecule has 0 radical (unpaired) electrons. The number of aldehydes is 1. The number of carbonyl (C=O) groups is 2. The fourth-order valence-electron chi connectivity index (χ4n) is 1.26. The van der Waals surface area contributed by atoms with E-state index in [1.807, 2.05) is 0 Å². The maximum Gasteiger partial charge on any atom is 0.325 e. The average Bonchev–Trinajstić information content (AvgIpc) is 2.62. The first-order valence-corrected chi connectivity index (χ1v) is 5.28. The molecule has 0 amide bonds. The van der Waals surface area contributed by atoms with E-state index >= 15 is 0 Å². The van der Waals surface area contributed by atoms with Crippen molar-refractivity contribution < 1.29 is 14.3 Å². The SMILES string of the molecule is CC(C)(C)OC(=O)C(N)Cn1ccnc1C=O. The maximum absolute atomic E-state index is 11.6. The number of ether oxygens (including phenoxy) is 1. The second-order valence-corrected chi connectivity index (χ2v) is 4.70. The first-order chi connectivity index (χ1) is 7.83. The number of hydrogen-bond acceptors (Lipinski definition) is 5. The summed E-state index contributed by atoms with van der Waals surface area (Å²) in [7, 11) is 0. The van der Waals surface area contributed by atoms with Crippen molar-refractivity contribution in [2.24, 2.45) is 5.73 Å². The molecule has 1 rings (SSSR count). The number of carbonyl (C=O) groups excluding carboxylic acids is 2. The Hall–Kier alpha value is -1.69. The van der Waals surface area contributed by atoms with Gasteiger partial charge in [-0.05, 0) is 20.8 Å². The smallest absolute Gasteiger partial charge is 0.325 e. The summed E-state index contributed by atoms with van der Waals surface area (Å²) in [5.41, 5.74) is 5.13. The summed E-state index contributed by atoms with van der Waals surface area (Å²) in [6.45, 7) is 5.48. The second-order valence-electron chi connectivity index (χ2n) is 4.70. The molecule has 1 aromatic heterocycles. The van der Waals surface area contributed by atoms with Crippen LogP contribution in [0.1, 0.15) is 31.4 Å². The fraction of sp³-hybridized carbons (Fsp3) is 0.545. The summed E-state index contributed by atoms with van der Waals surface area (Å²) in [4.78, 5) is 26.1. The van der Waals surface area contributed by atoms with Gasteiger partial charge in [0.15, 0.2) is 12.1 Å². The highest BCUT2D eigenvalue weighted by molar-refractivity contribution is 5.76. The van der Waals surface area contributed by atoms with Crippen LogP contribution in [0, 0.1) is 0 Å². The molecule has 2 N–H and O–H groups in total. The Morgan fingerprint density at radius 3 is 2.82 bits per heavy atom. The Bertz CT molecular complexity index is 406. The first-order valence-electron chi connectivity index (χ1n) is 5.28. The molecule has 6 heteroatoms. The lowest BCUT2D eigenvalue weighted by Gasteiger charge is -2.22. The van der Waals surface area contributed by atoms with E-state index in [-0.39, 0.29) is 12.4 Å². The third-order valence-corrected chi connectivity index (χ3v) is 1.96. The van der Waals surface area contributed by atoms with Crippen LogP contribution in [0.15, 0.2) is 12.4 Å². The Labute approximate surface area is 99.8 Å². The minimum absolute atomic E-state index is 0.170. The molecular weight excluding hydrogens is 222 g/mol. The molecular formula is C11H17N3O3. The van der Waals surface area contributed by atoms with Gasteiger partial charge < -0.3 is 15.0 Å². The fourth-order valence-corrected chi connectivity index (χ4v) is 1.26. The van der Waals surface area contributed by atoms with Crippen molar-refractivity contribution in [3.05, 3.63) is 18.2 Å². The van der Waals surface area contributed by atoms with Crippen LogP contribution in [0.25, 0.3) is 0 Å². The number of aromatic nitrogens is 2. The molecule has 0 aliphatic rings. The molecule has 17 heavy (non-hydrogen) atoms. The number of rotatable bonds is 4. The monoisotopic (exact) mass is 239 g/mol. The normalized spacial score (nSPS) is 13.2. The quantitative estimate of drug-likeness (QED) is 0.605. The van der Waals surface area contributed by atoms with Gasteiger partial charge in [-0.25, -0.2) is 4.98 Å². The van der Waals surface area contributed by atoms with Gasteiger partial charge in [-0.1, -0.05) is 0 Å². The highest BCUT2D eigenvalue weighted by atomic mass is 16.6. The van der Waals surface area contributed by atoms with Gasteiger partial charge in [-0.15, -0.1) is 0 Å². The Morgan fingerprint density at radius 2 is 2.29 bits per heavy atom. The molecule has 0 saturated carbocycles. The lowest BCUT2D eigenvalue weighted by molar-refractivity contribution is -0.156. The molecule has 0 fully saturated rings. The largest absolute Gasteiger partial charge is 0.459 e. The minimum atomic E-state index is -0.817. The summed E-state index contributed by atoms with van der Waals surface area (Å²) >= 11 is 0. The minimum Gasteiger partial charge on any atom is -0.459 e. The van der Waals surface area contributed by atoms with E-state index in [4.69, 9.17) is 10.5 Å². The lowest BCUT2D eigenvalue weighted by Crippen LogP contribution is -2.40. The van der Waals surface area contributed by atoms with Crippen LogP contribution in [0.2, 0.25) is 0 Å². The van der Waals surface area contributed by atoms with Gasteiger partial charge >= 0.3 is 5.97 Å². The molecule has 0 spiro atoms. The van der Waals surface area contributed by atoms with Crippen molar-refractivity contribution >= 4 is 12.3 Å². The van der Waals surface area contributed by atoms with Gasteiger partial charge in [-0.3, -0.25) is 9.59 Å². The van der Waals surface area contributed by atoms with Crippen molar-refractivity contribution in [3.63, 3.8) is 0 Å². The number of esters is 1. The molecule has 1 atom stereocenters. The highest BCUT2D eigenvalue weighted by Gasteiger charge is 2.22. The topological polar surface area (TPSA) is 87.2 Å². The van der Waals surface area contributed by atoms with E-state index in [1.54, 1.807) is 27.0 Å². The van der Waals surface area contributed by atoms with Crippen LogP contribution in [0.5, 0.6) is 0 Å². The van der Waals surface area contributed by atoms with Gasteiger partial charge in [0.2, 0.25) is 0 Å². The molecule has 1 unspecified atom stereocenters. The van der Waals surface area contributed by atoms with Gasteiger partial charge in [0.25, 0.3) is 0 Å². The van der Waals surface area contributed by atoms with Gasteiger partial charge in [0.1, 0.15) is 11.6 Å². The van der Waals surface area contributed by atoms with Gasteiger partial charge in [0.05, 0.1) is 6.54 Å². The zero-order chi connectivity index (χ0) is 13.1. The summed E-state index contributed by atoms with van der Waals surface area (Å²) in [5.74, 6) is -0.257. The van der Waals surface area contributed by atoms with Gasteiger partial charge in [-0.2, -0.15) is 0 Å². The summed E-state index contributed by atoms with van der Waals surface area (Å²) in [6.07, 6.45) is 3.68. The maximum atomic E-state index is 11.6.